The first-order chi connectivity index (χ1) is 15.5. The molecule has 168 valence electrons. The highest BCUT2D eigenvalue weighted by atomic mass is 19.1. The van der Waals surface area contributed by atoms with Crippen LogP contribution in [-0.4, -0.2) is 53.7 Å². The van der Waals surface area contributed by atoms with Gasteiger partial charge >= 0.3 is 0 Å². The van der Waals surface area contributed by atoms with E-state index in [0.29, 0.717) is 31.7 Å². The molecule has 0 radical (unpaired) electrons. The van der Waals surface area contributed by atoms with Crippen LogP contribution in [0.4, 0.5) is 10.1 Å². The number of carbonyl (C=O) groups excluding carboxylic acids is 3. The van der Waals surface area contributed by atoms with Gasteiger partial charge in [0.1, 0.15) is 5.82 Å². The number of nitrogens with one attached hydrogen (secondary N) is 1. The molecule has 4 rings (SSSR count). The molecule has 2 aliphatic heterocycles. The molecule has 2 fully saturated rings. The molecule has 0 unspecified atom stereocenters. The Hall–Kier alpha value is -3.22. The first-order valence-electron chi connectivity index (χ1n) is 11.2. The smallest absolute Gasteiger partial charge is 0.242 e. The number of carbonyl (C=O) groups is 3. The summed E-state index contributed by atoms with van der Waals surface area (Å²) in [6, 6.07) is 13.7. The second kappa shape index (κ2) is 9.94. The van der Waals surface area contributed by atoms with E-state index in [2.05, 4.69) is 5.32 Å². The van der Waals surface area contributed by atoms with Crippen LogP contribution in [0.2, 0.25) is 0 Å². The fourth-order valence-corrected chi connectivity index (χ4v) is 4.37. The molecular formula is C25H28FN3O3. The van der Waals surface area contributed by atoms with Gasteiger partial charge in [-0.2, -0.15) is 0 Å². The van der Waals surface area contributed by atoms with E-state index in [1.807, 2.05) is 24.3 Å². The van der Waals surface area contributed by atoms with Crippen LogP contribution in [-0.2, 0) is 14.4 Å². The largest absolute Gasteiger partial charge is 0.340 e. The molecular weight excluding hydrogens is 409 g/mol. The van der Waals surface area contributed by atoms with Crippen molar-refractivity contribution in [3.63, 3.8) is 0 Å². The summed E-state index contributed by atoms with van der Waals surface area (Å²) in [7, 11) is 0. The van der Waals surface area contributed by atoms with Gasteiger partial charge in [-0.1, -0.05) is 24.3 Å². The lowest BCUT2D eigenvalue weighted by Gasteiger charge is -2.34. The Balaban J connectivity index is 1.36. The summed E-state index contributed by atoms with van der Waals surface area (Å²) >= 11 is 0. The third-order valence-electron chi connectivity index (χ3n) is 6.20. The molecule has 0 spiro atoms. The summed E-state index contributed by atoms with van der Waals surface area (Å²) < 4.78 is 13.2. The number of hydrogen-bond acceptors (Lipinski definition) is 3. The van der Waals surface area contributed by atoms with Gasteiger partial charge in [0.25, 0.3) is 0 Å². The summed E-state index contributed by atoms with van der Waals surface area (Å²) in [4.78, 5) is 41.0. The highest BCUT2D eigenvalue weighted by Crippen LogP contribution is 2.25. The summed E-state index contributed by atoms with van der Waals surface area (Å²) in [5.41, 5.74) is 2.41. The Kier molecular flexibility index (Phi) is 6.83. The number of hydrogen-bond donors (Lipinski definition) is 1. The lowest BCUT2D eigenvalue weighted by atomic mass is 9.96. The number of halogens is 1. The topological polar surface area (TPSA) is 69.7 Å². The first kappa shape index (κ1) is 22.0. The van der Waals surface area contributed by atoms with Gasteiger partial charge in [0.2, 0.25) is 17.7 Å². The number of anilines is 1. The quantitative estimate of drug-likeness (QED) is 0.776. The minimum atomic E-state index is -0.292. The van der Waals surface area contributed by atoms with Gasteiger partial charge in [-0.25, -0.2) is 4.39 Å². The average Bonchev–Trinajstić information content (AvgIpc) is 2.81. The predicted octanol–water partition coefficient (Wildman–Crippen LogP) is 3.68. The van der Waals surface area contributed by atoms with Gasteiger partial charge in [-0.3, -0.25) is 14.4 Å². The van der Waals surface area contributed by atoms with Crippen molar-refractivity contribution < 1.29 is 18.8 Å². The fraction of sp³-hybridized carbons (Fsp3) is 0.400. The maximum absolute atomic E-state index is 13.2. The van der Waals surface area contributed by atoms with Crippen molar-refractivity contribution >= 4 is 23.4 Å². The molecule has 0 saturated carbocycles. The van der Waals surface area contributed by atoms with Crippen LogP contribution < -0.4 is 5.32 Å². The van der Waals surface area contributed by atoms with Gasteiger partial charge in [0.15, 0.2) is 0 Å². The molecule has 7 heteroatoms. The lowest BCUT2D eigenvalue weighted by molar-refractivity contribution is -0.143. The molecule has 3 amide bonds. The normalized spacial score (nSPS) is 19.0. The van der Waals surface area contributed by atoms with Crippen molar-refractivity contribution in [3.05, 3.63) is 54.3 Å². The third-order valence-corrected chi connectivity index (χ3v) is 6.20. The zero-order valence-electron chi connectivity index (χ0n) is 18.1. The van der Waals surface area contributed by atoms with Gasteiger partial charge in [-0.15, -0.1) is 0 Å². The Morgan fingerprint density at radius 1 is 1.00 bits per heavy atom. The molecule has 2 aliphatic rings. The summed E-state index contributed by atoms with van der Waals surface area (Å²) in [6.45, 7) is 1.72. The third kappa shape index (κ3) is 5.33. The predicted molar refractivity (Wildman–Crippen MR) is 120 cm³/mol. The van der Waals surface area contributed by atoms with Gasteiger partial charge in [0, 0.05) is 31.7 Å². The Labute approximate surface area is 187 Å². The van der Waals surface area contributed by atoms with Crippen molar-refractivity contribution in [3.8, 4) is 11.1 Å². The minimum absolute atomic E-state index is 0.0388. The minimum Gasteiger partial charge on any atom is -0.340 e. The first-order valence-corrected chi connectivity index (χ1v) is 11.2. The number of likely N-dealkylation sites (tertiary alicyclic amines) is 2. The number of benzene rings is 2. The second-order valence-electron chi connectivity index (χ2n) is 8.53. The number of rotatable bonds is 5. The van der Waals surface area contributed by atoms with E-state index >= 15 is 0 Å². The maximum Gasteiger partial charge on any atom is 0.242 e. The van der Waals surface area contributed by atoms with Gasteiger partial charge in [0.05, 0.1) is 12.5 Å². The maximum atomic E-state index is 13.2. The molecule has 0 bridgehead atoms. The van der Waals surface area contributed by atoms with Gasteiger partial charge in [-0.05, 0) is 61.1 Å². The zero-order chi connectivity index (χ0) is 22.5. The van der Waals surface area contributed by atoms with E-state index in [1.54, 1.807) is 21.9 Å². The Morgan fingerprint density at radius 3 is 2.59 bits per heavy atom. The molecule has 1 N–H and O–H groups in total. The van der Waals surface area contributed by atoms with Gasteiger partial charge < -0.3 is 15.1 Å². The standard InChI is InChI=1S/C25H28FN3O3/c26-21-11-9-18(10-12-21)19-5-3-7-22(15-19)27-25(32)20-6-4-14-28(16-20)24(31)17-29-13-2-1-8-23(29)30/h3,5,7,9-12,15,20H,1-2,4,6,8,13-14,16-17H2,(H,27,32)/t20-/m0/s1. The van der Waals surface area contributed by atoms with E-state index in [1.165, 1.54) is 12.1 Å². The van der Waals surface area contributed by atoms with Crippen molar-refractivity contribution in [2.24, 2.45) is 5.92 Å². The van der Waals surface area contributed by atoms with Crippen LogP contribution in [0.15, 0.2) is 48.5 Å². The van der Waals surface area contributed by atoms with Crippen LogP contribution in [0.25, 0.3) is 11.1 Å². The number of nitrogens with zero attached hydrogens (tertiary/aromatic N) is 2. The Bertz CT molecular complexity index is 992. The van der Waals surface area contributed by atoms with Crippen LogP contribution in [0.1, 0.15) is 32.1 Å². The molecule has 1 atom stereocenters. The monoisotopic (exact) mass is 437 g/mol. The molecule has 0 aromatic heterocycles. The molecule has 0 aliphatic carbocycles. The lowest BCUT2D eigenvalue weighted by Crippen LogP contribution is -2.49. The van der Waals surface area contributed by atoms with Crippen molar-refractivity contribution in [2.75, 3.05) is 31.5 Å². The van der Waals surface area contributed by atoms with E-state index in [-0.39, 0.29) is 36.0 Å². The molecule has 2 aromatic carbocycles. The summed E-state index contributed by atoms with van der Waals surface area (Å²) in [6.07, 6.45) is 3.80. The van der Waals surface area contributed by atoms with Crippen LogP contribution in [0.5, 0.6) is 0 Å². The number of piperidine rings is 2. The Morgan fingerprint density at radius 2 is 1.81 bits per heavy atom. The molecule has 2 saturated heterocycles. The van der Waals surface area contributed by atoms with Crippen molar-refractivity contribution in [2.45, 2.75) is 32.1 Å². The van der Waals surface area contributed by atoms with E-state index in [9.17, 15) is 18.8 Å². The van der Waals surface area contributed by atoms with E-state index in [4.69, 9.17) is 0 Å². The molecule has 2 heterocycles. The summed E-state index contributed by atoms with van der Waals surface area (Å²) in [5.74, 6) is -0.751. The molecule has 32 heavy (non-hydrogen) atoms. The average molecular weight is 438 g/mol. The second-order valence-corrected chi connectivity index (χ2v) is 8.53. The van der Waals surface area contributed by atoms with Crippen LogP contribution >= 0.6 is 0 Å². The number of amides is 3. The highest BCUT2D eigenvalue weighted by Gasteiger charge is 2.30. The van der Waals surface area contributed by atoms with E-state index in [0.717, 1.165) is 36.8 Å². The van der Waals surface area contributed by atoms with Crippen molar-refractivity contribution in [1.29, 1.82) is 0 Å². The summed E-state index contributed by atoms with van der Waals surface area (Å²) in [5, 5.41) is 2.97. The van der Waals surface area contributed by atoms with E-state index < -0.39 is 0 Å². The molecule has 6 nitrogen and oxygen atoms in total. The zero-order valence-corrected chi connectivity index (χ0v) is 18.1. The van der Waals surface area contributed by atoms with Crippen molar-refractivity contribution in [1.82, 2.24) is 9.80 Å². The SMILES string of the molecule is O=C(Nc1cccc(-c2ccc(F)cc2)c1)[C@H]1CCCN(C(=O)CN2CCCCC2=O)C1. The molecule has 2 aromatic rings. The fourth-order valence-electron chi connectivity index (χ4n) is 4.37. The van der Waals surface area contributed by atoms with Crippen LogP contribution in [0.3, 0.4) is 0 Å². The highest BCUT2D eigenvalue weighted by molar-refractivity contribution is 5.94. The van der Waals surface area contributed by atoms with Crippen LogP contribution in [0, 0.1) is 11.7 Å².